The second kappa shape index (κ2) is 6.12. The van der Waals surface area contributed by atoms with Gasteiger partial charge in [0.1, 0.15) is 7.85 Å². The fourth-order valence-corrected chi connectivity index (χ4v) is 5.82. The van der Waals surface area contributed by atoms with Gasteiger partial charge in [-0.25, -0.2) is 0 Å². The van der Waals surface area contributed by atoms with Gasteiger partial charge in [-0.3, -0.25) is 14.5 Å². The van der Waals surface area contributed by atoms with E-state index in [0.29, 0.717) is 12.5 Å². The fourth-order valence-electron chi connectivity index (χ4n) is 5.82. The molecule has 0 spiro atoms. The third-order valence-corrected chi connectivity index (χ3v) is 7.59. The van der Waals surface area contributed by atoms with Gasteiger partial charge in [0.2, 0.25) is 0 Å². The van der Waals surface area contributed by atoms with E-state index in [1.54, 1.807) is 0 Å². The van der Waals surface area contributed by atoms with E-state index in [1.165, 1.54) is 40.6 Å². The Morgan fingerprint density at radius 1 is 1.16 bits per heavy atom. The predicted octanol–water partition coefficient (Wildman–Crippen LogP) is 1.99. The monoisotopic (exact) mass is 416 g/mol. The van der Waals surface area contributed by atoms with Crippen molar-refractivity contribution in [2.24, 2.45) is 7.05 Å². The van der Waals surface area contributed by atoms with Crippen LogP contribution in [-0.2, 0) is 18.9 Å². The van der Waals surface area contributed by atoms with E-state index in [0.717, 1.165) is 29.4 Å². The Bertz CT molecular complexity index is 1460. The zero-order valence-electron chi connectivity index (χ0n) is 18.3. The molecule has 7 heteroatoms. The minimum atomic E-state index is -0.382. The van der Waals surface area contributed by atoms with Crippen molar-refractivity contribution < 1.29 is 4.79 Å². The molecule has 0 saturated heterocycles. The van der Waals surface area contributed by atoms with Gasteiger partial charge in [0, 0.05) is 36.7 Å². The normalized spacial score (nSPS) is 21.3. The average Bonchev–Trinajstić information content (AvgIpc) is 3.53. The van der Waals surface area contributed by atoms with Gasteiger partial charge in [-0.15, -0.1) is 0 Å². The van der Waals surface area contributed by atoms with Gasteiger partial charge in [0.05, 0.1) is 16.8 Å². The van der Waals surface area contributed by atoms with Crippen LogP contribution in [0.15, 0.2) is 54.9 Å². The van der Waals surface area contributed by atoms with E-state index >= 15 is 0 Å². The van der Waals surface area contributed by atoms with Crippen LogP contribution in [0.1, 0.15) is 45.9 Å². The number of hydrogen-bond acceptors (Lipinski definition) is 3. The van der Waals surface area contributed by atoms with Gasteiger partial charge < -0.3 is 4.90 Å². The summed E-state index contributed by atoms with van der Waals surface area (Å²) in [6.07, 6.45) is 6.37. The molecule has 5 nitrogen and oxygen atoms in total. The molecule has 4 aromatic rings. The molecule has 2 aromatic heterocycles. The lowest BCUT2D eigenvalue weighted by Crippen LogP contribution is -2.57. The van der Waals surface area contributed by atoms with Crippen molar-refractivity contribution in [3.05, 3.63) is 77.2 Å². The summed E-state index contributed by atoms with van der Waals surface area (Å²) in [7, 11) is 4.95. The predicted molar refractivity (Wildman–Crippen MR) is 129 cm³/mol. The van der Waals surface area contributed by atoms with Crippen molar-refractivity contribution >= 4 is 37.4 Å². The molecular weight excluding hydrogens is 394 g/mol. The first-order chi connectivity index (χ1) is 15.5. The van der Waals surface area contributed by atoms with Crippen molar-refractivity contribution in [1.82, 2.24) is 19.7 Å². The van der Waals surface area contributed by atoms with Gasteiger partial charge in [0.25, 0.3) is 5.91 Å². The highest BCUT2D eigenvalue weighted by Crippen LogP contribution is 2.46. The number of fused-ring (bicyclic) bond motifs is 5. The molecular formula is C25H22B2N4O. The van der Waals surface area contributed by atoms with Gasteiger partial charge in [-0.2, -0.15) is 5.10 Å². The number of amides is 1. The number of pyridine rings is 1. The topological polar surface area (TPSA) is 51.0 Å². The van der Waals surface area contributed by atoms with E-state index < -0.39 is 0 Å². The molecule has 1 aliphatic carbocycles. The average molecular weight is 416 g/mol. The minimum absolute atomic E-state index is 0.120. The van der Waals surface area contributed by atoms with E-state index in [4.69, 9.17) is 0 Å². The molecule has 7 rings (SSSR count). The number of hydrogen-bond donors (Lipinski definition) is 0. The van der Waals surface area contributed by atoms with Crippen molar-refractivity contribution in [2.45, 2.75) is 30.6 Å². The van der Waals surface area contributed by atoms with Crippen LogP contribution in [0, 0.1) is 0 Å². The van der Waals surface area contributed by atoms with Crippen molar-refractivity contribution in [1.29, 1.82) is 0 Å². The Kier molecular flexibility index (Phi) is 3.49. The van der Waals surface area contributed by atoms with Crippen LogP contribution in [-0.4, -0.2) is 40.7 Å². The first-order valence-electron chi connectivity index (χ1n) is 11.4. The number of rotatable bonds is 2. The van der Waals surface area contributed by atoms with E-state index in [-0.39, 0.29) is 11.2 Å². The van der Waals surface area contributed by atoms with Crippen LogP contribution in [0.3, 0.4) is 0 Å². The standard InChI is InChI=1S/C25H22B2N4O/c1-30-12-17-9-15(6-7-22(17)29-30)16-10-19(14-4-5-14)20-13-31-24(32)18-3-2-8-28-23(18)25(31,26)27-21(20)11-16/h2-3,6-12,14,27H,4-5,13,26H2,1H3. The number of aryl methyl sites for hydroxylation is 1. The van der Waals surface area contributed by atoms with E-state index in [2.05, 4.69) is 59.4 Å². The first-order valence-corrected chi connectivity index (χ1v) is 11.4. The first kappa shape index (κ1) is 18.3. The number of nitrogens with zero attached hydrogens (tertiary/aromatic N) is 4. The highest BCUT2D eigenvalue weighted by Gasteiger charge is 2.51. The molecule has 154 valence electrons. The Morgan fingerprint density at radius 2 is 2.03 bits per heavy atom. The zero-order chi connectivity index (χ0) is 21.6. The largest absolute Gasteiger partial charge is 0.338 e. The summed E-state index contributed by atoms with van der Waals surface area (Å²) in [5.41, 5.74) is 9.35. The van der Waals surface area contributed by atoms with Crippen molar-refractivity contribution in [3.8, 4) is 11.1 Å². The molecule has 2 aromatic carbocycles. The number of aromatic nitrogens is 3. The molecule has 0 N–H and O–H groups in total. The molecule has 2 aliphatic heterocycles. The minimum Gasteiger partial charge on any atom is -0.338 e. The third kappa shape index (κ3) is 2.45. The number of carbonyl (C=O) groups is 1. The van der Waals surface area contributed by atoms with Gasteiger partial charge in [-0.1, -0.05) is 23.7 Å². The van der Waals surface area contributed by atoms with Gasteiger partial charge in [0.15, 0.2) is 7.28 Å². The highest BCUT2D eigenvalue weighted by molar-refractivity contribution is 6.67. The second-order valence-corrected chi connectivity index (χ2v) is 9.80. The lowest BCUT2D eigenvalue weighted by Gasteiger charge is -2.41. The molecule has 1 saturated carbocycles. The highest BCUT2D eigenvalue weighted by atomic mass is 16.2. The second-order valence-electron chi connectivity index (χ2n) is 9.80. The van der Waals surface area contributed by atoms with E-state index in [9.17, 15) is 4.79 Å². The fraction of sp³-hybridized carbons (Fsp3) is 0.240. The molecule has 32 heavy (non-hydrogen) atoms. The Balaban J connectivity index is 1.39. The van der Waals surface area contributed by atoms with E-state index in [1.807, 2.05) is 30.1 Å². The molecule has 1 fully saturated rings. The molecule has 1 atom stereocenters. The molecule has 0 bridgehead atoms. The lowest BCUT2D eigenvalue weighted by molar-refractivity contribution is 0.0725. The summed E-state index contributed by atoms with van der Waals surface area (Å²) < 4.78 is 1.87. The lowest BCUT2D eigenvalue weighted by atomic mass is 9.41. The maximum atomic E-state index is 13.2. The summed E-state index contributed by atoms with van der Waals surface area (Å²) in [4.78, 5) is 19.9. The Morgan fingerprint density at radius 3 is 2.88 bits per heavy atom. The van der Waals surface area contributed by atoms with Gasteiger partial charge >= 0.3 is 0 Å². The smallest absolute Gasteiger partial charge is 0.255 e. The molecule has 1 unspecified atom stereocenters. The summed E-state index contributed by atoms with van der Waals surface area (Å²) >= 11 is 0. The maximum absolute atomic E-state index is 13.2. The number of carbonyl (C=O) groups excluding carboxylic acids is 1. The number of benzene rings is 2. The van der Waals surface area contributed by atoms with Gasteiger partial charge in [-0.05, 0) is 65.3 Å². The Labute approximate surface area is 188 Å². The summed E-state index contributed by atoms with van der Waals surface area (Å²) in [6.45, 7) is 0.675. The summed E-state index contributed by atoms with van der Waals surface area (Å²) in [5.74, 6) is 0.738. The SMILES string of the molecule is BC12Bc3cc(-c4ccc5nn(C)cc5c4)cc(C4CC4)c3CN1C(=O)c1cccnc12. The van der Waals surface area contributed by atoms with Crippen LogP contribution >= 0.6 is 0 Å². The molecule has 4 heterocycles. The van der Waals surface area contributed by atoms with Crippen LogP contribution in [0.2, 0.25) is 0 Å². The molecule has 0 radical (unpaired) electrons. The Hall–Kier alpha value is -3.34. The third-order valence-electron chi connectivity index (χ3n) is 7.59. The molecule has 3 aliphatic rings. The summed E-state index contributed by atoms with van der Waals surface area (Å²) in [6, 6.07) is 15.1. The van der Waals surface area contributed by atoms with Crippen LogP contribution in [0.5, 0.6) is 0 Å². The molecule has 1 amide bonds. The van der Waals surface area contributed by atoms with Crippen molar-refractivity contribution in [3.63, 3.8) is 0 Å². The van der Waals surface area contributed by atoms with Crippen LogP contribution in [0.25, 0.3) is 22.0 Å². The van der Waals surface area contributed by atoms with Crippen LogP contribution in [0.4, 0.5) is 0 Å². The van der Waals surface area contributed by atoms with Crippen LogP contribution < -0.4 is 5.46 Å². The quantitative estimate of drug-likeness (QED) is 0.470. The summed E-state index contributed by atoms with van der Waals surface area (Å²) in [5, 5.41) is 5.30. The zero-order valence-corrected chi connectivity index (χ0v) is 18.3. The van der Waals surface area contributed by atoms with Crippen molar-refractivity contribution in [2.75, 3.05) is 0 Å². The maximum Gasteiger partial charge on any atom is 0.255 e.